The zero-order valence-corrected chi connectivity index (χ0v) is 25.4. The van der Waals surface area contributed by atoms with Crippen LogP contribution in [0.1, 0.15) is 129 Å². The van der Waals surface area contributed by atoms with E-state index in [1.807, 2.05) is 0 Å². The van der Waals surface area contributed by atoms with Crippen molar-refractivity contribution in [3.05, 3.63) is 0 Å². The molecule has 0 saturated carbocycles. The maximum Gasteiger partial charge on any atom is 2.00 e. The number of aliphatic carboxylic acids is 2. The molecule has 0 radical (unpaired) electrons. The number of carbonyl (C=O) groups is 2. The molecule has 0 heterocycles. The van der Waals surface area contributed by atoms with Crippen LogP contribution in [0.3, 0.4) is 0 Å². The third-order valence-corrected chi connectivity index (χ3v) is 6.80. The summed E-state index contributed by atoms with van der Waals surface area (Å²) < 4.78 is 0. The number of carbonyl (C=O) groups excluding carboxylic acids is 2. The molecule has 0 aliphatic heterocycles. The molecule has 31 heavy (non-hydrogen) atoms. The summed E-state index contributed by atoms with van der Waals surface area (Å²) in [5.41, 5.74) is 0. The Kier molecular flexibility index (Phi) is 34.6. The van der Waals surface area contributed by atoms with E-state index in [1.54, 1.807) is 0 Å². The van der Waals surface area contributed by atoms with Crippen LogP contribution in [0.5, 0.6) is 0 Å². The van der Waals surface area contributed by atoms with Gasteiger partial charge in [-0.1, -0.05) is 148 Å². The Labute approximate surface area is 238 Å². The molecule has 0 amide bonds. The number of hydrogen-bond donors (Lipinski definition) is 0. The van der Waals surface area contributed by atoms with E-state index < -0.39 is 21.6 Å². The Morgan fingerprint density at radius 1 is 0.548 bits per heavy atom. The first kappa shape index (κ1) is 36.7. The Bertz CT molecular complexity index is 362. The first-order chi connectivity index (χ1) is 14.4. The Morgan fingerprint density at radius 2 is 0.774 bits per heavy atom. The Hall–Kier alpha value is 1.16. The van der Waals surface area contributed by atoms with Crippen molar-refractivity contribution in [3.8, 4) is 0 Å². The quantitative estimate of drug-likeness (QED) is 0.103. The van der Waals surface area contributed by atoms with Gasteiger partial charge in [-0.05, 0) is 12.8 Å². The fourth-order valence-electron chi connectivity index (χ4n) is 3.15. The molecule has 0 aromatic rings. The standard InChI is InChI=1S/2C12H23BrO2.Ca/c2*1-2-3-4-5-6-7-8-9-10-11(13)12(14)15;/h2*11H,2-10H2,1H3,(H,14,15);/q;;+2/p-2. The summed E-state index contributed by atoms with van der Waals surface area (Å²) in [6, 6.07) is 0. The van der Waals surface area contributed by atoms with Gasteiger partial charge in [0.25, 0.3) is 0 Å². The first-order valence-corrected chi connectivity index (χ1v) is 13.9. The molecule has 0 fully saturated rings. The second kappa shape index (κ2) is 29.2. The first-order valence-electron chi connectivity index (χ1n) is 12.1. The predicted octanol–water partition coefficient (Wildman–Crippen LogP) is 5.68. The van der Waals surface area contributed by atoms with Gasteiger partial charge in [0.1, 0.15) is 0 Å². The van der Waals surface area contributed by atoms with Crippen molar-refractivity contribution < 1.29 is 19.8 Å². The van der Waals surface area contributed by atoms with E-state index in [0.717, 1.165) is 25.7 Å². The van der Waals surface area contributed by atoms with E-state index in [2.05, 4.69) is 45.7 Å². The summed E-state index contributed by atoms with van der Waals surface area (Å²) in [4.78, 5) is 19.8. The molecule has 7 heteroatoms. The summed E-state index contributed by atoms with van der Waals surface area (Å²) in [6.45, 7) is 4.44. The second-order valence-electron chi connectivity index (χ2n) is 8.10. The van der Waals surface area contributed by atoms with Gasteiger partial charge in [-0.3, -0.25) is 0 Å². The van der Waals surface area contributed by atoms with Gasteiger partial charge >= 0.3 is 37.7 Å². The van der Waals surface area contributed by atoms with Crippen LogP contribution in [0.25, 0.3) is 0 Å². The predicted molar refractivity (Wildman–Crippen MR) is 136 cm³/mol. The third-order valence-electron chi connectivity index (χ3n) is 5.13. The molecule has 0 aliphatic rings. The Balaban J connectivity index is -0.000000490. The minimum Gasteiger partial charge on any atom is -0.549 e. The molecule has 180 valence electrons. The normalized spacial score (nSPS) is 12.3. The largest absolute Gasteiger partial charge is 2.00 e. The molecule has 0 aliphatic carbocycles. The number of halogens is 2. The second-order valence-corrected chi connectivity index (χ2v) is 10.3. The maximum absolute atomic E-state index is 10.4. The van der Waals surface area contributed by atoms with Crippen molar-refractivity contribution in [2.24, 2.45) is 0 Å². The van der Waals surface area contributed by atoms with Crippen LogP contribution in [0.2, 0.25) is 0 Å². The van der Waals surface area contributed by atoms with Gasteiger partial charge < -0.3 is 19.8 Å². The molecule has 0 spiro atoms. The average molecular weight is 596 g/mol. The van der Waals surface area contributed by atoms with Gasteiger partial charge in [0.2, 0.25) is 0 Å². The molecule has 0 N–H and O–H groups in total. The van der Waals surface area contributed by atoms with Gasteiger partial charge in [-0.15, -0.1) is 0 Å². The number of alkyl halides is 2. The van der Waals surface area contributed by atoms with Gasteiger partial charge in [0, 0.05) is 0 Å². The van der Waals surface area contributed by atoms with Crippen molar-refractivity contribution in [2.45, 2.75) is 139 Å². The summed E-state index contributed by atoms with van der Waals surface area (Å²) >= 11 is 6.17. The van der Waals surface area contributed by atoms with Crippen LogP contribution in [0, 0.1) is 0 Å². The topological polar surface area (TPSA) is 80.3 Å². The number of unbranched alkanes of at least 4 members (excludes halogenated alkanes) is 14. The van der Waals surface area contributed by atoms with Gasteiger partial charge in [0.05, 0.1) is 21.6 Å². The van der Waals surface area contributed by atoms with Gasteiger partial charge in [-0.2, -0.15) is 0 Å². The van der Waals surface area contributed by atoms with E-state index in [0.29, 0.717) is 12.8 Å². The van der Waals surface area contributed by atoms with E-state index in [-0.39, 0.29) is 37.7 Å². The van der Waals surface area contributed by atoms with Crippen molar-refractivity contribution in [1.82, 2.24) is 0 Å². The number of hydrogen-bond acceptors (Lipinski definition) is 4. The summed E-state index contributed by atoms with van der Waals surface area (Å²) in [5, 5.41) is 20.8. The molecule has 4 nitrogen and oxygen atoms in total. The van der Waals surface area contributed by atoms with Gasteiger partial charge in [-0.25, -0.2) is 0 Å². The molecule has 0 aromatic carbocycles. The number of rotatable bonds is 20. The fourth-order valence-corrected chi connectivity index (χ4v) is 3.80. The summed E-state index contributed by atoms with van der Waals surface area (Å²) in [5.74, 6) is -1.98. The van der Waals surface area contributed by atoms with Crippen LogP contribution >= 0.6 is 31.9 Å². The zero-order valence-electron chi connectivity index (χ0n) is 20.0. The van der Waals surface area contributed by atoms with E-state index >= 15 is 0 Å². The molecule has 0 aromatic heterocycles. The van der Waals surface area contributed by atoms with Crippen LogP contribution in [-0.4, -0.2) is 59.3 Å². The minimum atomic E-state index is -0.988. The van der Waals surface area contributed by atoms with Crippen molar-refractivity contribution in [2.75, 3.05) is 0 Å². The zero-order chi connectivity index (χ0) is 23.0. The summed E-state index contributed by atoms with van der Waals surface area (Å²) in [7, 11) is 0. The SMILES string of the molecule is CCCCCCCCCCC(Br)C(=O)[O-].CCCCCCCCCCC(Br)C(=O)[O-].[Ca+2]. The Morgan fingerprint density at radius 3 is 1.00 bits per heavy atom. The fraction of sp³-hybridized carbons (Fsp3) is 0.917. The van der Waals surface area contributed by atoms with Crippen LogP contribution in [0.4, 0.5) is 0 Å². The van der Waals surface area contributed by atoms with Crippen LogP contribution < -0.4 is 10.2 Å². The van der Waals surface area contributed by atoms with Crippen LogP contribution in [0.15, 0.2) is 0 Å². The molecular formula is C24H44Br2CaO4. The van der Waals surface area contributed by atoms with Crippen molar-refractivity contribution >= 4 is 81.5 Å². The molecule has 0 rings (SSSR count). The number of carboxylic acid groups (broad SMARTS) is 2. The smallest absolute Gasteiger partial charge is 0.549 e. The van der Waals surface area contributed by atoms with E-state index in [9.17, 15) is 19.8 Å². The molecular weight excluding hydrogens is 552 g/mol. The summed E-state index contributed by atoms with van der Waals surface area (Å²) in [6.07, 6.45) is 21.3. The van der Waals surface area contributed by atoms with Crippen molar-refractivity contribution in [3.63, 3.8) is 0 Å². The third kappa shape index (κ3) is 31.2. The molecule has 0 bridgehead atoms. The van der Waals surface area contributed by atoms with Crippen molar-refractivity contribution in [1.29, 1.82) is 0 Å². The maximum atomic E-state index is 10.4. The van der Waals surface area contributed by atoms with E-state index in [1.165, 1.54) is 77.0 Å². The van der Waals surface area contributed by atoms with E-state index in [4.69, 9.17) is 0 Å². The minimum absolute atomic E-state index is 0. The molecule has 2 atom stereocenters. The molecule has 0 saturated heterocycles. The number of carboxylic acids is 2. The monoisotopic (exact) mass is 594 g/mol. The van der Waals surface area contributed by atoms with Crippen LogP contribution in [-0.2, 0) is 9.59 Å². The van der Waals surface area contributed by atoms with Gasteiger partial charge in [0.15, 0.2) is 0 Å². The average Bonchev–Trinajstić information content (AvgIpc) is 2.71. The molecule has 2 unspecified atom stereocenters.